The van der Waals surface area contributed by atoms with Gasteiger partial charge in [0, 0.05) is 23.8 Å². The summed E-state index contributed by atoms with van der Waals surface area (Å²) in [6.07, 6.45) is 2.06. The lowest BCUT2D eigenvalue weighted by Gasteiger charge is -2.25. The molecule has 6 nitrogen and oxygen atoms in total. The molecule has 0 unspecified atom stereocenters. The molecule has 0 atom stereocenters. The Bertz CT molecular complexity index is 966. The fourth-order valence-electron chi connectivity index (χ4n) is 2.84. The average Bonchev–Trinajstić information content (AvgIpc) is 3.34. The van der Waals surface area contributed by atoms with Crippen LogP contribution in [0.5, 0.6) is 0 Å². The monoisotopic (exact) mass is 399 g/mol. The van der Waals surface area contributed by atoms with Crippen molar-refractivity contribution in [1.82, 2.24) is 9.29 Å². The van der Waals surface area contributed by atoms with E-state index in [-0.39, 0.29) is 24.9 Å². The van der Waals surface area contributed by atoms with E-state index in [1.807, 2.05) is 0 Å². The predicted octanol–water partition coefficient (Wildman–Crippen LogP) is 2.52. The molecule has 1 aromatic heterocycles. The lowest BCUT2D eigenvalue weighted by molar-refractivity contribution is -0.117. The number of benzene rings is 1. The Morgan fingerprint density at radius 2 is 1.96 bits per heavy atom. The third-order valence-corrected chi connectivity index (χ3v) is 7.29. The quantitative estimate of drug-likeness (QED) is 0.857. The van der Waals surface area contributed by atoms with E-state index in [1.54, 1.807) is 0 Å². The molecule has 2 aliphatic rings. The van der Waals surface area contributed by atoms with Gasteiger partial charge in [0.1, 0.15) is 11.6 Å². The maximum absolute atomic E-state index is 13.9. The van der Waals surface area contributed by atoms with Gasteiger partial charge in [-0.2, -0.15) is 4.31 Å². The third-order valence-electron chi connectivity index (χ3n) is 4.39. The molecule has 1 aromatic carbocycles. The summed E-state index contributed by atoms with van der Waals surface area (Å²) in [6.45, 7) is 0.0469. The van der Waals surface area contributed by atoms with Gasteiger partial charge in [0.25, 0.3) is 0 Å². The molecule has 1 aliphatic heterocycles. The van der Waals surface area contributed by atoms with Crippen LogP contribution in [0.1, 0.15) is 23.4 Å². The van der Waals surface area contributed by atoms with E-state index in [9.17, 15) is 22.0 Å². The first kappa shape index (κ1) is 17.5. The number of aromatic nitrogens is 1. The highest BCUT2D eigenvalue weighted by molar-refractivity contribution is 7.89. The van der Waals surface area contributed by atoms with Crippen molar-refractivity contribution in [1.29, 1.82) is 0 Å². The van der Waals surface area contributed by atoms with E-state index >= 15 is 0 Å². The molecule has 0 saturated heterocycles. The second-order valence-corrected chi connectivity index (χ2v) is 9.25. The number of anilines is 1. The van der Waals surface area contributed by atoms with Gasteiger partial charge in [-0.3, -0.25) is 4.79 Å². The number of carbonyl (C=O) groups excluding carboxylic acids is 1. The smallest absolute Gasteiger partial charge is 0.249 e. The summed E-state index contributed by atoms with van der Waals surface area (Å²) in [4.78, 5) is 15.9. The molecule has 0 spiro atoms. The molecule has 1 N–H and O–H groups in total. The number of amides is 1. The van der Waals surface area contributed by atoms with Crippen LogP contribution in [-0.4, -0.2) is 30.2 Å². The van der Waals surface area contributed by atoms with Crippen LogP contribution in [0.15, 0.2) is 23.1 Å². The maximum atomic E-state index is 13.9. The lowest BCUT2D eigenvalue weighted by atomic mass is 10.2. The van der Waals surface area contributed by atoms with Crippen LogP contribution in [-0.2, 0) is 27.8 Å². The van der Waals surface area contributed by atoms with Crippen LogP contribution in [0.2, 0.25) is 0 Å². The first-order valence-corrected chi connectivity index (χ1v) is 10.4. The number of nitrogens with one attached hydrogen (secondary N) is 1. The summed E-state index contributed by atoms with van der Waals surface area (Å²) >= 11 is 1.20. The van der Waals surface area contributed by atoms with Crippen LogP contribution < -0.4 is 5.32 Å². The minimum absolute atomic E-state index is 0.0254. The fourth-order valence-corrected chi connectivity index (χ4v) is 5.47. The van der Waals surface area contributed by atoms with Gasteiger partial charge in [-0.1, -0.05) is 6.07 Å². The summed E-state index contributed by atoms with van der Waals surface area (Å²) in [5.41, 5.74) is 0.710. The first-order valence-electron chi connectivity index (χ1n) is 8.10. The lowest BCUT2D eigenvalue weighted by Crippen LogP contribution is -2.36. The average molecular weight is 399 g/mol. The Labute approximate surface area is 152 Å². The van der Waals surface area contributed by atoms with Gasteiger partial charge in [-0.15, -0.1) is 11.3 Å². The van der Waals surface area contributed by atoms with Crippen LogP contribution in [0.25, 0.3) is 0 Å². The van der Waals surface area contributed by atoms with Crippen molar-refractivity contribution in [3.05, 3.63) is 40.4 Å². The summed E-state index contributed by atoms with van der Waals surface area (Å²) < 4.78 is 54.3. The Morgan fingerprint density at radius 1 is 1.27 bits per heavy atom. The molecular weight excluding hydrogens is 384 g/mol. The Morgan fingerprint density at radius 3 is 2.62 bits per heavy atom. The number of sulfonamides is 1. The van der Waals surface area contributed by atoms with E-state index in [1.165, 1.54) is 11.3 Å². The molecule has 138 valence electrons. The minimum Gasteiger partial charge on any atom is -0.302 e. The van der Waals surface area contributed by atoms with E-state index in [2.05, 4.69) is 10.3 Å². The summed E-state index contributed by atoms with van der Waals surface area (Å²) in [5, 5.41) is 3.18. The van der Waals surface area contributed by atoms with Crippen molar-refractivity contribution < 1.29 is 22.0 Å². The van der Waals surface area contributed by atoms with Crippen molar-refractivity contribution in [2.24, 2.45) is 5.92 Å². The molecule has 10 heteroatoms. The topological polar surface area (TPSA) is 79.4 Å². The second kappa shape index (κ2) is 6.36. The highest BCUT2D eigenvalue weighted by atomic mass is 32.2. The summed E-state index contributed by atoms with van der Waals surface area (Å²) in [6, 6.07) is 2.96. The van der Waals surface area contributed by atoms with Crippen molar-refractivity contribution in [3.8, 4) is 0 Å². The Balaban J connectivity index is 1.58. The maximum Gasteiger partial charge on any atom is 0.249 e. The van der Waals surface area contributed by atoms with Crippen molar-refractivity contribution in [2.45, 2.75) is 30.7 Å². The largest absolute Gasteiger partial charge is 0.302 e. The molecular formula is C16H15F2N3O3S2. The molecule has 0 bridgehead atoms. The highest BCUT2D eigenvalue weighted by Gasteiger charge is 2.35. The van der Waals surface area contributed by atoms with Crippen LogP contribution in [0.4, 0.5) is 13.9 Å². The molecule has 0 radical (unpaired) electrons. The number of carbonyl (C=O) groups is 1. The summed E-state index contributed by atoms with van der Waals surface area (Å²) in [5.74, 6) is -2.26. The van der Waals surface area contributed by atoms with E-state index < -0.39 is 26.6 Å². The number of rotatable bonds is 4. The first-order chi connectivity index (χ1) is 12.4. The number of hydrogen-bond donors (Lipinski definition) is 1. The van der Waals surface area contributed by atoms with E-state index in [0.717, 1.165) is 35.3 Å². The van der Waals surface area contributed by atoms with E-state index in [4.69, 9.17) is 0 Å². The molecule has 1 aliphatic carbocycles. The van der Waals surface area contributed by atoms with Crippen molar-refractivity contribution in [3.63, 3.8) is 0 Å². The van der Waals surface area contributed by atoms with Gasteiger partial charge in [0.15, 0.2) is 10.0 Å². The standard InChI is InChI=1S/C16H15F2N3O3S2/c17-10-2-1-3-11(18)14(10)26(23,24)21-7-6-12-13(8-21)25-16(19-12)20-15(22)9-4-5-9/h1-3,9H,4-8H2,(H,19,20,22). The molecule has 4 rings (SSSR count). The zero-order valence-electron chi connectivity index (χ0n) is 13.5. The van der Waals surface area contributed by atoms with Gasteiger partial charge >= 0.3 is 0 Å². The second-order valence-electron chi connectivity index (χ2n) is 6.29. The number of thiazole rings is 1. The Kier molecular flexibility index (Phi) is 4.28. The number of hydrogen-bond acceptors (Lipinski definition) is 5. The van der Waals surface area contributed by atoms with Crippen LogP contribution in [0.3, 0.4) is 0 Å². The normalized spacial score (nSPS) is 17.8. The molecule has 1 amide bonds. The number of fused-ring (bicyclic) bond motifs is 1. The molecule has 2 heterocycles. The van der Waals surface area contributed by atoms with Crippen LogP contribution >= 0.6 is 11.3 Å². The Hall–Kier alpha value is -1.91. The fraction of sp³-hybridized carbons (Fsp3) is 0.375. The van der Waals surface area contributed by atoms with Gasteiger partial charge in [-0.25, -0.2) is 22.2 Å². The number of halogens is 2. The molecule has 1 saturated carbocycles. The highest BCUT2D eigenvalue weighted by Crippen LogP contribution is 2.34. The van der Waals surface area contributed by atoms with Gasteiger partial charge in [0.2, 0.25) is 15.9 Å². The summed E-state index contributed by atoms with van der Waals surface area (Å²) in [7, 11) is -4.31. The van der Waals surface area contributed by atoms with Gasteiger partial charge in [0.05, 0.1) is 12.2 Å². The predicted molar refractivity (Wildman–Crippen MR) is 91.1 cm³/mol. The third kappa shape index (κ3) is 3.12. The van der Waals surface area contributed by atoms with Gasteiger partial charge in [-0.05, 0) is 25.0 Å². The molecule has 1 fully saturated rings. The zero-order valence-corrected chi connectivity index (χ0v) is 15.2. The molecule has 26 heavy (non-hydrogen) atoms. The van der Waals surface area contributed by atoms with Crippen molar-refractivity contribution >= 4 is 32.4 Å². The minimum atomic E-state index is -4.31. The van der Waals surface area contributed by atoms with Crippen LogP contribution in [0, 0.1) is 17.6 Å². The van der Waals surface area contributed by atoms with Crippen molar-refractivity contribution in [2.75, 3.05) is 11.9 Å². The van der Waals surface area contributed by atoms with Gasteiger partial charge < -0.3 is 5.32 Å². The zero-order chi connectivity index (χ0) is 18.5. The SMILES string of the molecule is O=C(Nc1nc2c(s1)CN(S(=O)(=O)c1c(F)cccc1F)CC2)C1CC1. The molecule has 2 aromatic rings. The number of nitrogens with zero attached hydrogens (tertiary/aromatic N) is 2. The van der Waals surface area contributed by atoms with E-state index in [0.29, 0.717) is 22.1 Å².